The number of aliphatic hydroxyl groups is 4. The highest BCUT2D eigenvalue weighted by atomic mass is 16.3. The summed E-state index contributed by atoms with van der Waals surface area (Å²) < 4.78 is 0. The molecule has 0 aliphatic heterocycles. The van der Waals surface area contributed by atoms with Crippen molar-refractivity contribution >= 4 is 0 Å². The Bertz CT molecular complexity index is 94.4. The fourth-order valence-electron chi connectivity index (χ4n) is 0.879. The van der Waals surface area contributed by atoms with E-state index in [2.05, 4.69) is 0 Å². The van der Waals surface area contributed by atoms with E-state index in [0.717, 1.165) is 0 Å². The fraction of sp³-hybridized carbons (Fsp3) is 1.00. The van der Waals surface area contributed by atoms with Crippen LogP contribution in [0.1, 0.15) is 19.8 Å². The van der Waals surface area contributed by atoms with Gasteiger partial charge in [-0.15, -0.1) is 0 Å². The van der Waals surface area contributed by atoms with E-state index < -0.39 is 18.3 Å². The molecule has 4 heteroatoms. The van der Waals surface area contributed by atoms with Gasteiger partial charge in [0, 0.05) is 6.42 Å². The van der Waals surface area contributed by atoms with Crippen LogP contribution in [0.15, 0.2) is 0 Å². The standard InChI is InChI=1S/C7H16O4/c1-5(9)2-6(10)3-7(11)4-8/h5-11H,2-4H2,1H3/t5?,6-,7+/m1/s1. The quantitative estimate of drug-likeness (QED) is 0.414. The third-order valence-electron chi connectivity index (χ3n) is 1.37. The average Bonchev–Trinajstić information content (AvgIpc) is 1.85. The fourth-order valence-corrected chi connectivity index (χ4v) is 0.879. The molecular formula is C7H16O4. The van der Waals surface area contributed by atoms with Crippen molar-refractivity contribution in [3.05, 3.63) is 0 Å². The zero-order chi connectivity index (χ0) is 8.85. The molecule has 0 aliphatic rings. The van der Waals surface area contributed by atoms with Gasteiger partial charge in [0.25, 0.3) is 0 Å². The summed E-state index contributed by atoms with van der Waals surface area (Å²) >= 11 is 0. The van der Waals surface area contributed by atoms with Crippen LogP contribution in [0.25, 0.3) is 0 Å². The Balaban J connectivity index is 3.43. The first-order valence-corrected chi connectivity index (χ1v) is 3.71. The van der Waals surface area contributed by atoms with Gasteiger partial charge >= 0.3 is 0 Å². The van der Waals surface area contributed by atoms with E-state index in [9.17, 15) is 0 Å². The molecular weight excluding hydrogens is 148 g/mol. The van der Waals surface area contributed by atoms with Crippen LogP contribution in [0.5, 0.6) is 0 Å². The first kappa shape index (κ1) is 10.8. The van der Waals surface area contributed by atoms with Crippen LogP contribution in [0.2, 0.25) is 0 Å². The number of aliphatic hydroxyl groups excluding tert-OH is 4. The van der Waals surface area contributed by atoms with Gasteiger partial charge in [0.15, 0.2) is 0 Å². The van der Waals surface area contributed by atoms with Gasteiger partial charge in [0.05, 0.1) is 24.9 Å². The lowest BCUT2D eigenvalue weighted by Gasteiger charge is -2.14. The zero-order valence-electron chi connectivity index (χ0n) is 6.64. The van der Waals surface area contributed by atoms with Gasteiger partial charge in [0.1, 0.15) is 0 Å². The Morgan fingerprint density at radius 2 is 1.55 bits per heavy atom. The summed E-state index contributed by atoms with van der Waals surface area (Å²) in [5, 5.41) is 35.1. The minimum absolute atomic E-state index is 0.113. The molecule has 11 heavy (non-hydrogen) atoms. The maximum absolute atomic E-state index is 9.09. The highest BCUT2D eigenvalue weighted by molar-refractivity contribution is 4.64. The van der Waals surface area contributed by atoms with E-state index in [1.807, 2.05) is 0 Å². The van der Waals surface area contributed by atoms with Gasteiger partial charge < -0.3 is 20.4 Å². The third-order valence-corrected chi connectivity index (χ3v) is 1.37. The van der Waals surface area contributed by atoms with E-state index in [1.54, 1.807) is 6.92 Å². The lowest BCUT2D eigenvalue weighted by molar-refractivity contribution is 0.0216. The van der Waals surface area contributed by atoms with E-state index in [4.69, 9.17) is 20.4 Å². The van der Waals surface area contributed by atoms with Crippen molar-refractivity contribution in [3.8, 4) is 0 Å². The maximum Gasteiger partial charge on any atom is 0.0795 e. The molecule has 0 fully saturated rings. The summed E-state index contributed by atoms with van der Waals surface area (Å²) in [7, 11) is 0. The summed E-state index contributed by atoms with van der Waals surface area (Å²) in [5.74, 6) is 0. The second-order valence-corrected chi connectivity index (χ2v) is 2.81. The van der Waals surface area contributed by atoms with Crippen LogP contribution in [-0.4, -0.2) is 45.3 Å². The maximum atomic E-state index is 9.09. The minimum atomic E-state index is -0.885. The molecule has 0 heterocycles. The Kier molecular flexibility index (Phi) is 5.41. The first-order valence-electron chi connectivity index (χ1n) is 3.71. The van der Waals surface area contributed by atoms with Gasteiger partial charge in [-0.2, -0.15) is 0 Å². The van der Waals surface area contributed by atoms with Crippen molar-refractivity contribution in [2.45, 2.75) is 38.1 Å². The Labute approximate surface area is 66.1 Å². The van der Waals surface area contributed by atoms with Crippen molar-refractivity contribution in [3.63, 3.8) is 0 Å². The van der Waals surface area contributed by atoms with E-state index >= 15 is 0 Å². The van der Waals surface area contributed by atoms with Crippen molar-refractivity contribution in [1.82, 2.24) is 0 Å². The molecule has 0 rings (SSSR count). The predicted octanol–water partition coefficient (Wildman–Crippen LogP) is -1.14. The number of hydrogen-bond acceptors (Lipinski definition) is 4. The smallest absolute Gasteiger partial charge is 0.0795 e. The molecule has 0 aliphatic carbocycles. The molecule has 3 atom stereocenters. The van der Waals surface area contributed by atoms with Gasteiger partial charge in [-0.05, 0) is 13.3 Å². The van der Waals surface area contributed by atoms with Crippen molar-refractivity contribution in [1.29, 1.82) is 0 Å². The monoisotopic (exact) mass is 164 g/mol. The number of hydrogen-bond donors (Lipinski definition) is 4. The summed E-state index contributed by atoms with van der Waals surface area (Å²) in [6.45, 7) is 1.21. The molecule has 1 unspecified atom stereocenters. The molecule has 0 aromatic carbocycles. The van der Waals surface area contributed by atoms with Crippen LogP contribution < -0.4 is 0 Å². The molecule has 0 aromatic rings. The van der Waals surface area contributed by atoms with Gasteiger partial charge in [-0.1, -0.05) is 0 Å². The average molecular weight is 164 g/mol. The second-order valence-electron chi connectivity index (χ2n) is 2.81. The first-order chi connectivity index (χ1) is 5.06. The number of rotatable bonds is 5. The van der Waals surface area contributed by atoms with Gasteiger partial charge in [-0.3, -0.25) is 0 Å². The Morgan fingerprint density at radius 1 is 1.00 bits per heavy atom. The Morgan fingerprint density at radius 3 is 1.91 bits per heavy atom. The minimum Gasteiger partial charge on any atom is -0.394 e. The van der Waals surface area contributed by atoms with Gasteiger partial charge in [-0.25, -0.2) is 0 Å². The second kappa shape index (κ2) is 5.49. The normalized spacial score (nSPS) is 19.4. The molecule has 0 bridgehead atoms. The van der Waals surface area contributed by atoms with Crippen LogP contribution in [0.3, 0.4) is 0 Å². The lowest BCUT2D eigenvalue weighted by Crippen LogP contribution is -2.23. The van der Waals surface area contributed by atoms with Crippen LogP contribution in [0.4, 0.5) is 0 Å². The van der Waals surface area contributed by atoms with Crippen molar-refractivity contribution < 1.29 is 20.4 Å². The highest BCUT2D eigenvalue weighted by Crippen LogP contribution is 2.04. The molecule has 0 spiro atoms. The SMILES string of the molecule is CC(O)C[C@@H](O)C[C@H](O)CO. The summed E-state index contributed by atoms with van der Waals surface area (Å²) in [4.78, 5) is 0. The lowest BCUT2D eigenvalue weighted by atomic mass is 10.1. The molecule has 4 nitrogen and oxygen atoms in total. The molecule has 0 aromatic heterocycles. The van der Waals surface area contributed by atoms with Crippen molar-refractivity contribution in [2.75, 3.05) is 6.61 Å². The predicted molar refractivity (Wildman–Crippen MR) is 40.0 cm³/mol. The third kappa shape index (κ3) is 6.25. The Hall–Kier alpha value is -0.160. The van der Waals surface area contributed by atoms with Crippen LogP contribution in [-0.2, 0) is 0 Å². The molecule has 68 valence electrons. The summed E-state index contributed by atoms with van der Waals surface area (Å²) in [6, 6.07) is 0. The van der Waals surface area contributed by atoms with E-state index in [-0.39, 0.29) is 19.4 Å². The van der Waals surface area contributed by atoms with Crippen molar-refractivity contribution in [2.24, 2.45) is 0 Å². The van der Waals surface area contributed by atoms with E-state index in [0.29, 0.717) is 0 Å². The summed E-state index contributed by atoms with van der Waals surface area (Å²) in [5.41, 5.74) is 0. The zero-order valence-corrected chi connectivity index (χ0v) is 6.64. The molecule has 0 radical (unpaired) electrons. The highest BCUT2D eigenvalue weighted by Gasteiger charge is 2.12. The van der Waals surface area contributed by atoms with Gasteiger partial charge in [0.2, 0.25) is 0 Å². The molecule has 0 saturated heterocycles. The van der Waals surface area contributed by atoms with E-state index in [1.165, 1.54) is 0 Å². The van der Waals surface area contributed by atoms with Crippen LogP contribution >= 0.6 is 0 Å². The largest absolute Gasteiger partial charge is 0.394 e. The molecule has 4 N–H and O–H groups in total. The topological polar surface area (TPSA) is 80.9 Å². The molecule has 0 amide bonds. The molecule has 0 saturated carbocycles. The summed E-state index contributed by atoms with van der Waals surface area (Å²) in [6.07, 6.45) is -1.85. The van der Waals surface area contributed by atoms with Crippen LogP contribution in [0, 0.1) is 0 Å².